The molecule has 1 aromatic heterocycles. The van der Waals surface area contributed by atoms with Crippen LogP contribution in [-0.4, -0.2) is 36.3 Å². The van der Waals surface area contributed by atoms with E-state index in [-0.39, 0.29) is 18.4 Å². The van der Waals surface area contributed by atoms with Crippen molar-refractivity contribution in [3.8, 4) is 11.1 Å². The Kier molecular flexibility index (Phi) is 4.24. The molecule has 0 saturated heterocycles. The third-order valence-electron chi connectivity index (χ3n) is 3.61. The van der Waals surface area contributed by atoms with Crippen molar-refractivity contribution in [2.45, 2.75) is 18.9 Å². The summed E-state index contributed by atoms with van der Waals surface area (Å²) in [6.45, 7) is 0.0987. The van der Waals surface area contributed by atoms with Gasteiger partial charge in [0.1, 0.15) is 0 Å². The number of carbonyl (C=O) groups is 2. The highest BCUT2D eigenvalue weighted by molar-refractivity contribution is 7.12. The molecular formula is C17H18N2O2S. The topological polar surface area (TPSA) is 49.4 Å². The van der Waals surface area contributed by atoms with Crippen molar-refractivity contribution in [2.24, 2.45) is 0 Å². The van der Waals surface area contributed by atoms with Gasteiger partial charge < -0.3 is 10.2 Å². The van der Waals surface area contributed by atoms with Gasteiger partial charge in [-0.05, 0) is 29.9 Å². The number of nitrogens with one attached hydrogen (secondary N) is 1. The molecule has 0 atom stereocenters. The number of hydrogen-bond acceptors (Lipinski definition) is 3. The van der Waals surface area contributed by atoms with Gasteiger partial charge in [0, 0.05) is 18.7 Å². The minimum absolute atomic E-state index is 0.0869. The summed E-state index contributed by atoms with van der Waals surface area (Å²) in [7, 11) is 1.67. The Hall–Kier alpha value is -2.14. The predicted molar refractivity (Wildman–Crippen MR) is 87.9 cm³/mol. The van der Waals surface area contributed by atoms with Gasteiger partial charge in [0.05, 0.1) is 11.4 Å². The molecule has 1 fully saturated rings. The van der Waals surface area contributed by atoms with Crippen LogP contribution >= 0.6 is 11.3 Å². The number of carbonyl (C=O) groups excluding carboxylic acids is 2. The maximum absolute atomic E-state index is 12.6. The molecule has 1 saturated carbocycles. The Morgan fingerprint density at radius 1 is 1.23 bits per heavy atom. The van der Waals surface area contributed by atoms with E-state index >= 15 is 0 Å². The zero-order chi connectivity index (χ0) is 15.5. The van der Waals surface area contributed by atoms with Crippen LogP contribution in [-0.2, 0) is 4.79 Å². The molecule has 0 aliphatic heterocycles. The van der Waals surface area contributed by atoms with E-state index in [1.54, 1.807) is 7.05 Å². The number of benzene rings is 1. The minimum Gasteiger partial charge on any atom is -0.352 e. The summed E-state index contributed by atoms with van der Waals surface area (Å²) in [5.41, 5.74) is 1.94. The summed E-state index contributed by atoms with van der Waals surface area (Å²) in [6.07, 6.45) is 2.10. The molecule has 4 nitrogen and oxygen atoms in total. The number of likely N-dealkylation sites (N-methyl/N-ethyl adjacent to an activating group) is 1. The molecule has 1 aliphatic carbocycles. The Balaban J connectivity index is 1.72. The number of hydrogen-bond donors (Lipinski definition) is 1. The fourth-order valence-electron chi connectivity index (χ4n) is 2.28. The smallest absolute Gasteiger partial charge is 0.264 e. The summed E-state index contributed by atoms with van der Waals surface area (Å²) >= 11 is 1.41. The Bertz CT molecular complexity index is 677. The van der Waals surface area contributed by atoms with Gasteiger partial charge in [-0.3, -0.25) is 9.59 Å². The van der Waals surface area contributed by atoms with Crippen LogP contribution in [0.25, 0.3) is 11.1 Å². The molecule has 2 amide bonds. The second-order valence-corrected chi connectivity index (χ2v) is 6.45. The van der Waals surface area contributed by atoms with Crippen molar-refractivity contribution < 1.29 is 9.59 Å². The van der Waals surface area contributed by atoms with Crippen LogP contribution in [0.5, 0.6) is 0 Å². The average Bonchev–Trinajstić information content (AvgIpc) is 3.19. The standard InChI is InChI=1S/C17H18N2O2S/c1-19(11-15(20)18-13-7-8-13)17(21)16-14(9-10-22-16)12-5-3-2-4-6-12/h2-6,9-10,13H,7-8,11H2,1H3,(H,18,20). The third-order valence-corrected chi connectivity index (χ3v) is 4.52. The Labute approximate surface area is 133 Å². The van der Waals surface area contributed by atoms with Crippen LogP contribution in [0.1, 0.15) is 22.5 Å². The van der Waals surface area contributed by atoms with Crippen molar-refractivity contribution in [1.82, 2.24) is 10.2 Å². The van der Waals surface area contributed by atoms with Crippen molar-refractivity contribution in [3.05, 3.63) is 46.7 Å². The maximum atomic E-state index is 12.6. The van der Waals surface area contributed by atoms with E-state index in [4.69, 9.17) is 0 Å². The van der Waals surface area contributed by atoms with Crippen LogP contribution in [0.2, 0.25) is 0 Å². The van der Waals surface area contributed by atoms with Crippen LogP contribution in [0, 0.1) is 0 Å². The molecule has 2 aromatic rings. The van der Waals surface area contributed by atoms with Gasteiger partial charge in [-0.25, -0.2) is 0 Å². The normalized spacial score (nSPS) is 13.7. The van der Waals surface area contributed by atoms with E-state index in [1.165, 1.54) is 16.2 Å². The predicted octanol–water partition coefficient (Wildman–Crippen LogP) is 2.77. The number of amides is 2. The molecule has 1 aliphatic rings. The highest BCUT2D eigenvalue weighted by Crippen LogP contribution is 2.29. The van der Waals surface area contributed by atoms with Crippen molar-refractivity contribution >= 4 is 23.2 Å². The number of rotatable bonds is 5. The molecular weight excluding hydrogens is 296 g/mol. The van der Waals surface area contributed by atoms with Gasteiger partial charge in [0.15, 0.2) is 0 Å². The molecule has 22 heavy (non-hydrogen) atoms. The van der Waals surface area contributed by atoms with Crippen LogP contribution < -0.4 is 5.32 Å². The highest BCUT2D eigenvalue weighted by Gasteiger charge is 2.25. The molecule has 114 valence electrons. The van der Waals surface area contributed by atoms with Gasteiger partial charge in [0.2, 0.25) is 5.91 Å². The Morgan fingerprint density at radius 2 is 1.95 bits per heavy atom. The molecule has 1 aromatic carbocycles. The van der Waals surface area contributed by atoms with Gasteiger partial charge in [0.25, 0.3) is 5.91 Å². The SMILES string of the molecule is CN(CC(=O)NC1CC1)C(=O)c1sccc1-c1ccccc1. The summed E-state index contributed by atoms with van der Waals surface area (Å²) in [4.78, 5) is 26.6. The molecule has 1 heterocycles. The van der Waals surface area contributed by atoms with E-state index in [0.29, 0.717) is 10.9 Å². The lowest BCUT2D eigenvalue weighted by Gasteiger charge is -2.17. The van der Waals surface area contributed by atoms with Crippen molar-refractivity contribution in [2.75, 3.05) is 13.6 Å². The third kappa shape index (κ3) is 3.36. The quantitative estimate of drug-likeness (QED) is 0.922. The lowest BCUT2D eigenvalue weighted by atomic mass is 10.1. The van der Waals surface area contributed by atoms with Crippen molar-refractivity contribution in [1.29, 1.82) is 0 Å². The summed E-state index contributed by atoms with van der Waals surface area (Å²) in [5, 5.41) is 4.81. The molecule has 1 N–H and O–H groups in total. The van der Waals surface area contributed by atoms with Gasteiger partial charge in [-0.15, -0.1) is 11.3 Å². The van der Waals surface area contributed by atoms with Crippen LogP contribution in [0.4, 0.5) is 0 Å². The molecule has 0 spiro atoms. The zero-order valence-electron chi connectivity index (χ0n) is 12.4. The average molecular weight is 314 g/mol. The van der Waals surface area contributed by atoms with E-state index in [2.05, 4.69) is 5.32 Å². The van der Waals surface area contributed by atoms with Gasteiger partial charge in [-0.2, -0.15) is 0 Å². The van der Waals surface area contributed by atoms with Crippen LogP contribution in [0.3, 0.4) is 0 Å². The molecule has 3 rings (SSSR count). The maximum Gasteiger partial charge on any atom is 0.264 e. The van der Waals surface area contributed by atoms with E-state index in [0.717, 1.165) is 24.0 Å². The molecule has 0 bridgehead atoms. The van der Waals surface area contributed by atoms with Crippen molar-refractivity contribution in [3.63, 3.8) is 0 Å². The summed E-state index contributed by atoms with van der Waals surface area (Å²) < 4.78 is 0. The first-order chi connectivity index (χ1) is 10.6. The highest BCUT2D eigenvalue weighted by atomic mass is 32.1. The fourth-order valence-corrected chi connectivity index (χ4v) is 3.19. The first-order valence-electron chi connectivity index (χ1n) is 7.33. The lowest BCUT2D eigenvalue weighted by molar-refractivity contribution is -0.121. The first kappa shape index (κ1) is 14.8. The summed E-state index contributed by atoms with van der Waals surface area (Å²) in [5.74, 6) is -0.198. The minimum atomic E-state index is -0.111. The monoisotopic (exact) mass is 314 g/mol. The fraction of sp³-hybridized carbons (Fsp3) is 0.294. The van der Waals surface area contributed by atoms with E-state index in [9.17, 15) is 9.59 Å². The van der Waals surface area contributed by atoms with Gasteiger partial charge >= 0.3 is 0 Å². The molecule has 0 unspecified atom stereocenters. The number of nitrogens with zero attached hydrogens (tertiary/aromatic N) is 1. The zero-order valence-corrected chi connectivity index (χ0v) is 13.2. The molecule has 5 heteroatoms. The van der Waals surface area contributed by atoms with E-state index in [1.807, 2.05) is 41.8 Å². The first-order valence-corrected chi connectivity index (χ1v) is 8.21. The second-order valence-electron chi connectivity index (χ2n) is 5.53. The van der Waals surface area contributed by atoms with Gasteiger partial charge in [-0.1, -0.05) is 30.3 Å². The van der Waals surface area contributed by atoms with Crippen LogP contribution in [0.15, 0.2) is 41.8 Å². The number of thiophene rings is 1. The lowest BCUT2D eigenvalue weighted by Crippen LogP contribution is -2.39. The second kappa shape index (κ2) is 6.32. The largest absolute Gasteiger partial charge is 0.352 e. The summed E-state index contributed by atoms with van der Waals surface area (Å²) in [6, 6.07) is 12.1. The van der Waals surface area contributed by atoms with E-state index < -0.39 is 0 Å². The Morgan fingerprint density at radius 3 is 2.64 bits per heavy atom. The molecule has 0 radical (unpaired) electrons.